The van der Waals surface area contributed by atoms with Crippen molar-refractivity contribution in [1.29, 1.82) is 0 Å². The van der Waals surface area contributed by atoms with E-state index in [4.69, 9.17) is 4.74 Å². The number of ether oxygens (including phenoxy) is 1. The highest BCUT2D eigenvalue weighted by Gasteiger charge is 2.67. The number of anilines is 1. The van der Waals surface area contributed by atoms with E-state index in [0.29, 0.717) is 5.69 Å². The molecule has 2 fully saturated rings. The Bertz CT molecular complexity index is 754. The van der Waals surface area contributed by atoms with Gasteiger partial charge >= 0.3 is 0 Å². The molecule has 1 N–H and O–H groups in total. The molecule has 2 amide bonds. The molecule has 0 unspecified atom stereocenters. The lowest BCUT2D eigenvalue weighted by Crippen LogP contribution is -2.43. The molecule has 2 bridgehead atoms. The minimum atomic E-state index is -1.33. The minimum Gasteiger partial charge on any atom is -0.545 e. The summed E-state index contributed by atoms with van der Waals surface area (Å²) < 4.78 is 5.64. The molecule has 118 valence electrons. The van der Waals surface area contributed by atoms with Crippen molar-refractivity contribution in [3.05, 3.63) is 42.0 Å². The number of aromatic carboxylic acids is 1. The largest absolute Gasteiger partial charge is 0.545 e. The molecule has 1 aromatic rings. The van der Waals surface area contributed by atoms with Crippen molar-refractivity contribution >= 4 is 23.5 Å². The highest BCUT2D eigenvalue weighted by molar-refractivity contribution is 6.23. The number of nitrogens with zero attached hydrogens (tertiary/aromatic N) is 1. The predicted octanol–water partition coefficient (Wildman–Crippen LogP) is -1.14. The summed E-state index contributed by atoms with van der Waals surface area (Å²) >= 11 is 0. The summed E-state index contributed by atoms with van der Waals surface area (Å²) in [6, 6.07) is 5.35. The standard InChI is InChI=1S/C16H13NO6/c18-7-16-6-5-10(23-16)11-12(16)14(20)17(13(11)19)9-3-1-8(2-4-9)15(21)22/h1-6,10-12,18H,7H2,(H,21,22)/p-1/t10-,11-,12+,16+/m0/s1. The van der Waals surface area contributed by atoms with Gasteiger partial charge in [0.2, 0.25) is 11.8 Å². The summed E-state index contributed by atoms with van der Waals surface area (Å²) in [7, 11) is 0. The summed E-state index contributed by atoms with van der Waals surface area (Å²) in [5, 5.41) is 20.4. The van der Waals surface area contributed by atoms with Crippen LogP contribution in [0.25, 0.3) is 0 Å². The van der Waals surface area contributed by atoms with Crippen LogP contribution in [0, 0.1) is 11.8 Å². The normalized spacial score (nSPS) is 34.3. The van der Waals surface area contributed by atoms with Crippen LogP contribution in [0.5, 0.6) is 0 Å². The topological polar surface area (TPSA) is 107 Å². The number of aliphatic hydroxyl groups is 1. The van der Waals surface area contributed by atoms with Gasteiger partial charge in [0.1, 0.15) is 5.60 Å². The maximum absolute atomic E-state index is 12.7. The highest BCUT2D eigenvalue weighted by atomic mass is 16.5. The Morgan fingerprint density at radius 2 is 1.96 bits per heavy atom. The lowest BCUT2D eigenvalue weighted by molar-refractivity contribution is -0.255. The number of fused-ring (bicyclic) bond motifs is 5. The third kappa shape index (κ3) is 1.68. The van der Waals surface area contributed by atoms with E-state index < -0.39 is 41.3 Å². The first-order chi connectivity index (χ1) is 11.0. The predicted molar refractivity (Wildman–Crippen MR) is 74.1 cm³/mol. The molecule has 0 aliphatic carbocycles. The van der Waals surface area contributed by atoms with E-state index in [0.717, 1.165) is 4.90 Å². The SMILES string of the molecule is O=C([O-])c1ccc(N2C(=O)[C@H]3[C@@H]4C=C[C@](CO)(O4)[C@H]3C2=O)cc1. The summed E-state index contributed by atoms with van der Waals surface area (Å²) in [5.74, 6) is -3.58. The maximum atomic E-state index is 12.7. The molecule has 4 atom stereocenters. The number of benzene rings is 1. The fraction of sp³-hybridized carbons (Fsp3) is 0.312. The van der Waals surface area contributed by atoms with Crippen molar-refractivity contribution < 1.29 is 29.3 Å². The van der Waals surface area contributed by atoms with Crippen molar-refractivity contribution in [1.82, 2.24) is 0 Å². The number of carboxylic acids is 1. The van der Waals surface area contributed by atoms with Crippen LogP contribution in [0.3, 0.4) is 0 Å². The zero-order chi connectivity index (χ0) is 16.4. The summed E-state index contributed by atoms with van der Waals surface area (Å²) in [4.78, 5) is 37.2. The van der Waals surface area contributed by atoms with Gasteiger partial charge in [-0.25, -0.2) is 4.90 Å². The third-order valence-corrected chi connectivity index (χ3v) is 4.76. The number of imide groups is 1. The molecule has 0 radical (unpaired) electrons. The number of amides is 2. The van der Waals surface area contributed by atoms with E-state index in [1.807, 2.05) is 0 Å². The Kier molecular flexibility index (Phi) is 2.76. The van der Waals surface area contributed by atoms with Gasteiger partial charge < -0.3 is 19.7 Å². The monoisotopic (exact) mass is 314 g/mol. The van der Waals surface area contributed by atoms with E-state index in [9.17, 15) is 24.6 Å². The number of hydrogen-bond acceptors (Lipinski definition) is 6. The fourth-order valence-electron chi connectivity index (χ4n) is 3.69. The molecule has 2 saturated heterocycles. The van der Waals surface area contributed by atoms with E-state index >= 15 is 0 Å². The molecule has 3 heterocycles. The van der Waals surface area contributed by atoms with Gasteiger partial charge in [-0.3, -0.25) is 9.59 Å². The second-order valence-electron chi connectivity index (χ2n) is 5.90. The van der Waals surface area contributed by atoms with Gasteiger partial charge in [-0.1, -0.05) is 24.3 Å². The van der Waals surface area contributed by atoms with Crippen molar-refractivity contribution in [3.8, 4) is 0 Å². The number of aliphatic hydroxyl groups excluding tert-OH is 1. The Morgan fingerprint density at radius 3 is 2.57 bits per heavy atom. The lowest BCUT2D eigenvalue weighted by atomic mass is 9.77. The van der Waals surface area contributed by atoms with Gasteiger partial charge in [0.15, 0.2) is 0 Å². The van der Waals surface area contributed by atoms with Gasteiger partial charge in [-0.15, -0.1) is 0 Å². The summed E-state index contributed by atoms with van der Waals surface area (Å²) in [5.41, 5.74) is -0.876. The first-order valence-electron chi connectivity index (χ1n) is 7.16. The molecule has 7 nitrogen and oxygen atoms in total. The average molecular weight is 314 g/mol. The van der Waals surface area contributed by atoms with Crippen molar-refractivity contribution in [3.63, 3.8) is 0 Å². The zero-order valence-corrected chi connectivity index (χ0v) is 11.8. The Morgan fingerprint density at radius 1 is 1.26 bits per heavy atom. The van der Waals surface area contributed by atoms with Crippen molar-refractivity contribution in [2.24, 2.45) is 11.8 Å². The van der Waals surface area contributed by atoms with Gasteiger partial charge in [0.05, 0.1) is 36.2 Å². The lowest BCUT2D eigenvalue weighted by Gasteiger charge is -2.26. The number of carbonyl (C=O) groups excluding carboxylic acids is 3. The van der Waals surface area contributed by atoms with Crippen LogP contribution in [-0.2, 0) is 14.3 Å². The van der Waals surface area contributed by atoms with Crippen LogP contribution in [0.1, 0.15) is 10.4 Å². The molecule has 0 saturated carbocycles. The molecule has 4 rings (SSSR count). The van der Waals surface area contributed by atoms with E-state index in [-0.39, 0.29) is 12.2 Å². The quantitative estimate of drug-likeness (QED) is 0.558. The van der Waals surface area contributed by atoms with Crippen LogP contribution in [0.2, 0.25) is 0 Å². The van der Waals surface area contributed by atoms with Gasteiger partial charge in [0.25, 0.3) is 0 Å². The number of rotatable bonds is 3. The first kappa shape index (κ1) is 14.1. The average Bonchev–Trinajstić information content (AvgIpc) is 3.19. The number of hydrogen-bond donors (Lipinski definition) is 1. The van der Waals surface area contributed by atoms with Crippen molar-refractivity contribution in [2.45, 2.75) is 11.7 Å². The van der Waals surface area contributed by atoms with Gasteiger partial charge in [0, 0.05) is 0 Å². The molecule has 7 heteroatoms. The Labute approximate surface area is 130 Å². The second-order valence-corrected chi connectivity index (χ2v) is 5.90. The molecular weight excluding hydrogens is 302 g/mol. The van der Waals surface area contributed by atoms with Crippen LogP contribution < -0.4 is 10.0 Å². The summed E-state index contributed by atoms with van der Waals surface area (Å²) in [6.07, 6.45) is 2.83. The molecule has 3 aliphatic heterocycles. The molecule has 23 heavy (non-hydrogen) atoms. The number of carbonyl (C=O) groups is 3. The molecule has 0 spiro atoms. The molecule has 3 aliphatic rings. The van der Waals surface area contributed by atoms with Crippen LogP contribution in [0.4, 0.5) is 5.69 Å². The molecule has 1 aromatic carbocycles. The molecule has 0 aromatic heterocycles. The first-order valence-corrected chi connectivity index (χ1v) is 7.16. The van der Waals surface area contributed by atoms with Crippen LogP contribution >= 0.6 is 0 Å². The Balaban J connectivity index is 1.72. The van der Waals surface area contributed by atoms with Gasteiger partial charge in [-0.05, 0) is 17.7 Å². The van der Waals surface area contributed by atoms with E-state index in [1.54, 1.807) is 12.2 Å². The minimum absolute atomic E-state index is 0.0371. The summed E-state index contributed by atoms with van der Waals surface area (Å²) in [6.45, 7) is -0.377. The smallest absolute Gasteiger partial charge is 0.241 e. The Hall–Kier alpha value is -2.51. The molecular formula is C16H12NO6-. The van der Waals surface area contributed by atoms with E-state index in [2.05, 4.69) is 0 Å². The van der Waals surface area contributed by atoms with Crippen molar-refractivity contribution in [2.75, 3.05) is 11.5 Å². The maximum Gasteiger partial charge on any atom is 0.241 e. The van der Waals surface area contributed by atoms with Crippen LogP contribution in [0.15, 0.2) is 36.4 Å². The number of carboxylic acid groups (broad SMARTS) is 1. The van der Waals surface area contributed by atoms with E-state index in [1.165, 1.54) is 24.3 Å². The second kappa shape index (κ2) is 4.50. The fourth-order valence-corrected chi connectivity index (χ4v) is 3.69. The zero-order valence-electron chi connectivity index (χ0n) is 11.8. The van der Waals surface area contributed by atoms with Gasteiger partial charge in [-0.2, -0.15) is 0 Å². The van der Waals surface area contributed by atoms with Crippen LogP contribution in [-0.4, -0.2) is 41.2 Å². The highest BCUT2D eigenvalue weighted by Crippen LogP contribution is 2.52. The third-order valence-electron chi connectivity index (χ3n) is 4.76.